The largest absolute Gasteiger partial charge is 0.478 e. The number of carbonyl (C=O) groups excluding carboxylic acids is 1. The highest BCUT2D eigenvalue weighted by molar-refractivity contribution is 6.00. The highest BCUT2D eigenvalue weighted by Crippen LogP contribution is 2.23. The van der Waals surface area contributed by atoms with E-state index in [4.69, 9.17) is 9.84 Å². The topological polar surface area (TPSA) is 131 Å². The van der Waals surface area contributed by atoms with Gasteiger partial charge in [-0.1, -0.05) is 6.07 Å². The number of aryl methyl sites for hydroxylation is 1. The second kappa shape index (κ2) is 7.73. The summed E-state index contributed by atoms with van der Waals surface area (Å²) < 4.78 is 5.38. The second-order valence-electron chi connectivity index (χ2n) is 6.28. The summed E-state index contributed by atoms with van der Waals surface area (Å²) in [6, 6.07) is 9.76. The van der Waals surface area contributed by atoms with Gasteiger partial charge in [0, 0.05) is 17.8 Å². The molecule has 9 nitrogen and oxygen atoms in total. The molecule has 3 N–H and O–H groups in total. The highest BCUT2D eigenvalue weighted by Gasteiger charge is 2.29. The normalized spacial score (nSPS) is 10.8. The van der Waals surface area contributed by atoms with Crippen molar-refractivity contribution in [3.05, 3.63) is 58.1 Å². The van der Waals surface area contributed by atoms with Crippen molar-refractivity contribution < 1.29 is 24.4 Å². The SMILES string of the molecule is Cc1ccc([N+](=O)[O-])cc1NC(=O)Nc1ccc(OC(C)(C)C(=O)O)cc1. The molecule has 2 aromatic rings. The average molecular weight is 373 g/mol. The third kappa shape index (κ3) is 5.18. The minimum atomic E-state index is -1.38. The van der Waals surface area contributed by atoms with E-state index in [-0.39, 0.29) is 5.69 Å². The Balaban J connectivity index is 2.03. The van der Waals surface area contributed by atoms with Crippen molar-refractivity contribution in [1.29, 1.82) is 0 Å². The van der Waals surface area contributed by atoms with Crippen LogP contribution in [0, 0.1) is 17.0 Å². The Bertz CT molecular complexity index is 877. The molecule has 0 aliphatic heterocycles. The lowest BCUT2D eigenvalue weighted by molar-refractivity contribution is -0.384. The zero-order chi connectivity index (χ0) is 20.2. The summed E-state index contributed by atoms with van der Waals surface area (Å²) in [6.07, 6.45) is 0. The Morgan fingerprint density at radius 3 is 2.30 bits per heavy atom. The number of carboxylic acids is 1. The number of rotatable bonds is 6. The zero-order valence-electron chi connectivity index (χ0n) is 15.0. The molecule has 0 unspecified atom stereocenters. The van der Waals surface area contributed by atoms with Crippen LogP contribution in [0.1, 0.15) is 19.4 Å². The van der Waals surface area contributed by atoms with Crippen LogP contribution in [-0.2, 0) is 4.79 Å². The van der Waals surface area contributed by atoms with Gasteiger partial charge < -0.3 is 20.5 Å². The first-order valence-corrected chi connectivity index (χ1v) is 7.94. The van der Waals surface area contributed by atoms with E-state index in [0.717, 1.165) is 0 Å². The first-order valence-electron chi connectivity index (χ1n) is 7.94. The molecule has 0 fully saturated rings. The fraction of sp³-hybridized carbons (Fsp3) is 0.222. The standard InChI is InChI=1S/C18H19N3O6/c1-11-4-7-13(21(25)26)10-15(11)20-17(24)19-12-5-8-14(9-6-12)27-18(2,3)16(22)23/h4-10H,1-3H3,(H,22,23)(H2,19,20,24). The fourth-order valence-corrected chi connectivity index (χ4v) is 2.09. The lowest BCUT2D eigenvalue weighted by Gasteiger charge is -2.21. The number of nitrogens with one attached hydrogen (secondary N) is 2. The molecule has 142 valence electrons. The van der Waals surface area contributed by atoms with Gasteiger partial charge in [0.15, 0.2) is 5.60 Å². The highest BCUT2D eigenvalue weighted by atomic mass is 16.6. The predicted octanol–water partition coefficient (Wildman–Crippen LogP) is 3.79. The van der Waals surface area contributed by atoms with Crippen LogP contribution in [-0.4, -0.2) is 27.6 Å². The van der Waals surface area contributed by atoms with E-state index in [2.05, 4.69) is 10.6 Å². The van der Waals surface area contributed by atoms with Gasteiger partial charge in [-0.25, -0.2) is 9.59 Å². The van der Waals surface area contributed by atoms with Crippen molar-refractivity contribution >= 4 is 29.1 Å². The maximum absolute atomic E-state index is 12.1. The minimum Gasteiger partial charge on any atom is -0.478 e. The van der Waals surface area contributed by atoms with Gasteiger partial charge in [0.2, 0.25) is 0 Å². The van der Waals surface area contributed by atoms with E-state index in [1.807, 2.05) is 0 Å². The number of ether oxygens (including phenoxy) is 1. The van der Waals surface area contributed by atoms with E-state index < -0.39 is 22.5 Å². The van der Waals surface area contributed by atoms with Gasteiger partial charge in [-0.3, -0.25) is 10.1 Å². The number of anilines is 2. The van der Waals surface area contributed by atoms with Crippen LogP contribution in [0.3, 0.4) is 0 Å². The summed E-state index contributed by atoms with van der Waals surface area (Å²) in [5.74, 6) is -0.765. The molecule has 2 rings (SSSR count). The van der Waals surface area contributed by atoms with E-state index in [1.165, 1.54) is 38.1 Å². The monoisotopic (exact) mass is 373 g/mol. The molecule has 0 aliphatic rings. The molecule has 0 atom stereocenters. The molecule has 0 aromatic heterocycles. The number of aliphatic carboxylic acids is 1. The quantitative estimate of drug-likeness (QED) is 0.521. The number of carbonyl (C=O) groups is 2. The molecule has 0 saturated heterocycles. The number of benzene rings is 2. The van der Waals surface area contributed by atoms with Gasteiger partial charge >= 0.3 is 12.0 Å². The average Bonchev–Trinajstić information content (AvgIpc) is 2.58. The molecular formula is C18H19N3O6. The molecule has 2 aromatic carbocycles. The Kier molecular flexibility index (Phi) is 5.64. The number of amides is 2. The van der Waals surface area contributed by atoms with Gasteiger partial charge in [-0.2, -0.15) is 0 Å². The number of nitro groups is 1. The third-order valence-corrected chi connectivity index (χ3v) is 3.68. The van der Waals surface area contributed by atoms with Crippen molar-refractivity contribution in [2.24, 2.45) is 0 Å². The maximum Gasteiger partial charge on any atom is 0.347 e. The van der Waals surface area contributed by atoms with Crippen LogP contribution in [0.5, 0.6) is 5.75 Å². The Hall–Kier alpha value is -3.62. The smallest absolute Gasteiger partial charge is 0.347 e. The third-order valence-electron chi connectivity index (χ3n) is 3.68. The summed E-state index contributed by atoms with van der Waals surface area (Å²) in [5, 5.41) is 25.0. The Morgan fingerprint density at radius 2 is 1.74 bits per heavy atom. The molecule has 0 spiro atoms. The number of hydrogen-bond donors (Lipinski definition) is 3. The maximum atomic E-state index is 12.1. The van der Waals surface area contributed by atoms with E-state index in [9.17, 15) is 19.7 Å². The van der Waals surface area contributed by atoms with Crippen LogP contribution in [0.25, 0.3) is 0 Å². The lowest BCUT2D eigenvalue weighted by atomic mass is 10.1. The number of urea groups is 1. The van der Waals surface area contributed by atoms with Crippen LogP contribution in [0.2, 0.25) is 0 Å². The van der Waals surface area contributed by atoms with Gasteiger partial charge in [0.25, 0.3) is 5.69 Å². The number of nitrogens with zero attached hydrogens (tertiary/aromatic N) is 1. The number of non-ortho nitro benzene ring substituents is 1. The van der Waals surface area contributed by atoms with Crippen LogP contribution in [0.15, 0.2) is 42.5 Å². The van der Waals surface area contributed by atoms with E-state index in [0.29, 0.717) is 22.7 Å². The molecule has 9 heteroatoms. The summed E-state index contributed by atoms with van der Waals surface area (Å²) in [7, 11) is 0. The molecule has 0 aliphatic carbocycles. The van der Waals surface area contributed by atoms with Gasteiger partial charge in [0.1, 0.15) is 5.75 Å². The van der Waals surface area contributed by atoms with Crippen LogP contribution < -0.4 is 15.4 Å². The first kappa shape index (κ1) is 19.7. The summed E-state index contributed by atoms with van der Waals surface area (Å²) in [5.41, 5.74) is -0.0685. The molecule has 27 heavy (non-hydrogen) atoms. The lowest BCUT2D eigenvalue weighted by Crippen LogP contribution is -2.37. The van der Waals surface area contributed by atoms with Crippen molar-refractivity contribution in [2.45, 2.75) is 26.4 Å². The minimum absolute atomic E-state index is 0.126. The predicted molar refractivity (Wildman–Crippen MR) is 99.3 cm³/mol. The Morgan fingerprint density at radius 1 is 1.11 bits per heavy atom. The van der Waals surface area contributed by atoms with E-state index >= 15 is 0 Å². The molecular weight excluding hydrogens is 354 g/mol. The van der Waals surface area contributed by atoms with Gasteiger partial charge in [0.05, 0.1) is 10.6 Å². The van der Waals surface area contributed by atoms with Crippen LogP contribution >= 0.6 is 0 Å². The molecule has 0 bridgehead atoms. The number of hydrogen-bond acceptors (Lipinski definition) is 5. The number of nitro benzene ring substituents is 1. The fourth-order valence-electron chi connectivity index (χ4n) is 2.09. The molecule has 2 amide bonds. The zero-order valence-corrected chi connectivity index (χ0v) is 15.0. The van der Waals surface area contributed by atoms with Crippen molar-refractivity contribution in [3.63, 3.8) is 0 Å². The summed E-state index contributed by atoms with van der Waals surface area (Å²) in [6.45, 7) is 4.57. The molecule has 0 heterocycles. The van der Waals surface area contributed by atoms with Crippen LogP contribution in [0.4, 0.5) is 21.9 Å². The van der Waals surface area contributed by atoms with Gasteiger partial charge in [-0.15, -0.1) is 0 Å². The summed E-state index contributed by atoms with van der Waals surface area (Å²) in [4.78, 5) is 33.5. The first-order chi connectivity index (χ1) is 12.6. The van der Waals surface area contributed by atoms with Crippen molar-refractivity contribution in [3.8, 4) is 5.75 Å². The molecule has 0 radical (unpaired) electrons. The van der Waals surface area contributed by atoms with E-state index in [1.54, 1.807) is 25.1 Å². The van der Waals surface area contributed by atoms with Gasteiger partial charge in [-0.05, 0) is 50.6 Å². The van der Waals surface area contributed by atoms with Crippen molar-refractivity contribution in [2.75, 3.05) is 10.6 Å². The summed E-state index contributed by atoms with van der Waals surface area (Å²) >= 11 is 0. The second-order valence-corrected chi connectivity index (χ2v) is 6.28. The number of carboxylic acid groups (broad SMARTS) is 1. The Labute approximate surface area is 155 Å². The molecule has 0 saturated carbocycles. The van der Waals surface area contributed by atoms with Crippen molar-refractivity contribution in [1.82, 2.24) is 0 Å².